The van der Waals surface area contributed by atoms with Crippen LogP contribution in [-0.2, 0) is 19.5 Å². The fourth-order valence-electron chi connectivity index (χ4n) is 4.66. The number of fused-ring (bicyclic) bond motifs is 1. The van der Waals surface area contributed by atoms with Crippen molar-refractivity contribution in [2.45, 2.75) is 57.5 Å². The van der Waals surface area contributed by atoms with Crippen molar-refractivity contribution < 1.29 is 0 Å². The number of hydrogen-bond acceptors (Lipinski definition) is 4. The van der Waals surface area contributed by atoms with Gasteiger partial charge in [-0.1, -0.05) is 49.1 Å². The van der Waals surface area contributed by atoms with Crippen LogP contribution in [0, 0.1) is 0 Å². The van der Waals surface area contributed by atoms with Gasteiger partial charge in [0.15, 0.2) is 0 Å². The summed E-state index contributed by atoms with van der Waals surface area (Å²) in [6, 6.07) is 14.1. The molecule has 30 heavy (non-hydrogen) atoms. The third kappa shape index (κ3) is 4.40. The monoisotopic (exact) mass is 418 g/mol. The molecule has 0 unspecified atom stereocenters. The summed E-state index contributed by atoms with van der Waals surface area (Å²) >= 11 is 6.02. The molecule has 0 N–H and O–H groups in total. The number of rotatable bonds is 4. The minimum Gasteiger partial charge on any atom is -0.293 e. The van der Waals surface area contributed by atoms with E-state index < -0.39 is 0 Å². The number of nitrogens with zero attached hydrogens (tertiary/aromatic N) is 4. The summed E-state index contributed by atoms with van der Waals surface area (Å²) in [4.78, 5) is 17.1. The van der Waals surface area contributed by atoms with Crippen LogP contribution < -0.4 is 0 Å². The summed E-state index contributed by atoms with van der Waals surface area (Å²) in [5.41, 5.74) is 5.70. The first kappa shape index (κ1) is 19.7. The van der Waals surface area contributed by atoms with Gasteiger partial charge in [-0.25, -0.2) is 9.97 Å². The zero-order valence-corrected chi connectivity index (χ0v) is 18.0. The lowest BCUT2D eigenvalue weighted by molar-refractivity contribution is 0.239. The molecule has 0 bridgehead atoms. The zero-order chi connectivity index (χ0) is 20.3. The maximum atomic E-state index is 6.02. The lowest BCUT2D eigenvalue weighted by Gasteiger charge is -2.29. The van der Waals surface area contributed by atoms with Crippen molar-refractivity contribution in [2.75, 3.05) is 6.54 Å². The predicted octanol–water partition coefficient (Wildman–Crippen LogP) is 5.80. The predicted molar refractivity (Wildman–Crippen MR) is 120 cm³/mol. The number of hydrogen-bond donors (Lipinski definition) is 0. The molecule has 4 nitrogen and oxygen atoms in total. The Kier molecular flexibility index (Phi) is 5.78. The van der Waals surface area contributed by atoms with E-state index in [2.05, 4.69) is 29.3 Å². The Morgan fingerprint density at radius 1 is 0.967 bits per heavy atom. The van der Waals surface area contributed by atoms with E-state index in [9.17, 15) is 0 Å². The summed E-state index contributed by atoms with van der Waals surface area (Å²) in [6.45, 7) is 2.75. The van der Waals surface area contributed by atoms with Crippen LogP contribution in [0.5, 0.6) is 0 Å². The third-order valence-electron chi connectivity index (χ3n) is 6.33. The van der Waals surface area contributed by atoms with Gasteiger partial charge in [-0.15, -0.1) is 0 Å². The highest BCUT2D eigenvalue weighted by molar-refractivity contribution is 6.30. The fraction of sp³-hybridized carbons (Fsp3) is 0.400. The summed E-state index contributed by atoms with van der Waals surface area (Å²) < 4.78 is 0. The van der Waals surface area contributed by atoms with Gasteiger partial charge in [-0.05, 0) is 37.1 Å². The van der Waals surface area contributed by atoms with Gasteiger partial charge in [-0.3, -0.25) is 9.88 Å². The number of aromatic nitrogens is 3. The van der Waals surface area contributed by atoms with Crippen LogP contribution in [0.3, 0.4) is 0 Å². The quantitative estimate of drug-likeness (QED) is 0.537. The second kappa shape index (κ2) is 8.83. The molecule has 1 fully saturated rings. The largest absolute Gasteiger partial charge is 0.293 e. The second-order valence-corrected chi connectivity index (χ2v) is 8.95. The number of pyridine rings is 1. The van der Waals surface area contributed by atoms with E-state index >= 15 is 0 Å². The van der Waals surface area contributed by atoms with Crippen molar-refractivity contribution in [1.29, 1.82) is 0 Å². The van der Waals surface area contributed by atoms with Gasteiger partial charge in [0.25, 0.3) is 0 Å². The summed E-state index contributed by atoms with van der Waals surface area (Å²) in [6.07, 6.45) is 9.58. The van der Waals surface area contributed by atoms with Crippen LogP contribution in [0.15, 0.2) is 48.7 Å². The molecular weight excluding hydrogens is 392 g/mol. The molecule has 1 aliphatic carbocycles. The topological polar surface area (TPSA) is 41.9 Å². The highest BCUT2D eigenvalue weighted by Gasteiger charge is 2.23. The Balaban J connectivity index is 1.27. The second-order valence-electron chi connectivity index (χ2n) is 8.52. The van der Waals surface area contributed by atoms with Gasteiger partial charge in [0.1, 0.15) is 5.82 Å². The highest BCUT2D eigenvalue weighted by Crippen LogP contribution is 2.31. The Bertz CT molecular complexity index is 1010. The molecule has 3 aromatic rings. The average molecular weight is 419 g/mol. The highest BCUT2D eigenvalue weighted by atomic mass is 35.5. The van der Waals surface area contributed by atoms with Crippen molar-refractivity contribution >= 4 is 11.6 Å². The van der Waals surface area contributed by atoms with Crippen molar-refractivity contribution in [1.82, 2.24) is 19.9 Å². The molecule has 1 saturated carbocycles. The normalized spacial score (nSPS) is 17.6. The average Bonchev–Trinajstić information content (AvgIpc) is 2.80. The molecular formula is C25H27ClN4. The van der Waals surface area contributed by atoms with Crippen LogP contribution in [0.4, 0.5) is 0 Å². The molecule has 2 aromatic heterocycles. The van der Waals surface area contributed by atoms with Gasteiger partial charge in [0.2, 0.25) is 0 Å². The van der Waals surface area contributed by atoms with Crippen LogP contribution in [0.2, 0.25) is 5.02 Å². The maximum Gasteiger partial charge on any atom is 0.131 e. The van der Waals surface area contributed by atoms with Crippen molar-refractivity contribution in [3.05, 3.63) is 76.5 Å². The number of halogens is 1. The molecule has 1 aliphatic heterocycles. The molecule has 5 heteroatoms. The fourth-order valence-corrected chi connectivity index (χ4v) is 4.79. The van der Waals surface area contributed by atoms with E-state index in [1.165, 1.54) is 43.4 Å². The van der Waals surface area contributed by atoms with E-state index in [0.29, 0.717) is 5.92 Å². The van der Waals surface area contributed by atoms with Crippen molar-refractivity contribution in [3.8, 4) is 11.3 Å². The molecule has 2 aliphatic rings. The Morgan fingerprint density at radius 3 is 2.63 bits per heavy atom. The molecule has 0 spiro atoms. The maximum absolute atomic E-state index is 6.02. The van der Waals surface area contributed by atoms with Gasteiger partial charge >= 0.3 is 0 Å². The van der Waals surface area contributed by atoms with Crippen LogP contribution in [-0.4, -0.2) is 26.4 Å². The van der Waals surface area contributed by atoms with Crippen molar-refractivity contribution in [2.24, 2.45) is 0 Å². The summed E-state index contributed by atoms with van der Waals surface area (Å²) in [5.74, 6) is 1.65. The molecule has 3 heterocycles. The minimum atomic E-state index is 0.571. The zero-order valence-electron chi connectivity index (χ0n) is 17.2. The lowest BCUT2D eigenvalue weighted by atomic mass is 9.88. The third-order valence-corrected chi connectivity index (χ3v) is 6.59. The summed E-state index contributed by atoms with van der Waals surface area (Å²) in [5, 5.41) is 0.746. The Labute approximate surface area is 183 Å². The van der Waals surface area contributed by atoms with Crippen molar-refractivity contribution in [3.63, 3.8) is 0 Å². The van der Waals surface area contributed by atoms with E-state index in [4.69, 9.17) is 26.6 Å². The molecule has 0 radical (unpaired) electrons. The number of benzene rings is 1. The molecule has 1 aromatic carbocycles. The van der Waals surface area contributed by atoms with Gasteiger partial charge in [0, 0.05) is 60.0 Å². The van der Waals surface area contributed by atoms with Crippen LogP contribution in [0.25, 0.3) is 11.3 Å². The van der Waals surface area contributed by atoms with Crippen LogP contribution >= 0.6 is 11.6 Å². The first-order valence-electron chi connectivity index (χ1n) is 11.0. The van der Waals surface area contributed by atoms with E-state index in [1.54, 1.807) is 0 Å². The Morgan fingerprint density at radius 2 is 1.80 bits per heavy atom. The molecule has 0 amide bonds. The van der Waals surface area contributed by atoms with Gasteiger partial charge in [-0.2, -0.15) is 0 Å². The standard InChI is InChI=1S/C25H27ClN4/c26-21-11-9-18(10-12-21)23-8-4-7-22(28-23)17-30-14-13-24-20(16-30)15-27-25(29-24)19-5-2-1-3-6-19/h4,7-12,15,19H,1-3,5-6,13-14,16-17H2. The lowest BCUT2D eigenvalue weighted by Crippen LogP contribution is -2.31. The van der Waals surface area contributed by atoms with E-state index in [-0.39, 0.29) is 0 Å². The minimum absolute atomic E-state index is 0.571. The van der Waals surface area contributed by atoms with Gasteiger partial charge < -0.3 is 0 Å². The smallest absolute Gasteiger partial charge is 0.131 e. The molecule has 0 saturated heterocycles. The summed E-state index contributed by atoms with van der Waals surface area (Å²) in [7, 11) is 0. The first-order chi connectivity index (χ1) is 14.7. The van der Waals surface area contributed by atoms with Crippen LogP contribution in [0.1, 0.15) is 60.8 Å². The molecule has 0 atom stereocenters. The Hall–Kier alpha value is -2.30. The van der Waals surface area contributed by atoms with Gasteiger partial charge in [0.05, 0.1) is 11.4 Å². The van der Waals surface area contributed by atoms with E-state index in [0.717, 1.165) is 53.9 Å². The molecule has 5 rings (SSSR count). The van der Waals surface area contributed by atoms with E-state index in [1.807, 2.05) is 24.3 Å². The molecule has 154 valence electrons. The first-order valence-corrected chi connectivity index (χ1v) is 11.4. The SMILES string of the molecule is Clc1ccc(-c2cccc(CN3CCc4nc(C5CCCCC5)ncc4C3)n2)cc1.